The van der Waals surface area contributed by atoms with Crippen LogP contribution < -0.4 is 5.56 Å². The van der Waals surface area contributed by atoms with E-state index in [0.717, 1.165) is 0 Å². The number of rotatable bonds is 4. The third-order valence-corrected chi connectivity index (χ3v) is 3.06. The summed E-state index contributed by atoms with van der Waals surface area (Å²) in [4.78, 5) is 18.7. The van der Waals surface area contributed by atoms with Gasteiger partial charge in [0.05, 0.1) is 10.9 Å². The first kappa shape index (κ1) is 14.1. The lowest BCUT2D eigenvalue weighted by atomic mass is 10.1. The highest BCUT2D eigenvalue weighted by molar-refractivity contribution is 6.17. The minimum atomic E-state index is -0.344. The summed E-state index contributed by atoms with van der Waals surface area (Å²) in [5.74, 6) is 0.333. The molecule has 0 amide bonds. The molecular weight excluding hydrogens is 278 g/mol. The number of alkyl halides is 1. The molecule has 20 heavy (non-hydrogen) atoms. The van der Waals surface area contributed by atoms with Crippen LogP contribution in [0.4, 0.5) is 0 Å². The Kier molecular flexibility index (Phi) is 4.38. The summed E-state index contributed by atoms with van der Waals surface area (Å²) < 4.78 is 0. The van der Waals surface area contributed by atoms with Gasteiger partial charge < -0.3 is 10.1 Å². The summed E-state index contributed by atoms with van der Waals surface area (Å²) in [7, 11) is 0. The molecule has 0 spiro atoms. The Bertz CT molecular complexity index is 759. The van der Waals surface area contributed by atoms with Crippen LogP contribution >= 0.6 is 11.6 Å². The summed E-state index contributed by atoms with van der Waals surface area (Å²) >= 11 is 5.55. The van der Waals surface area contributed by atoms with Gasteiger partial charge >= 0.3 is 0 Å². The Labute approximate surface area is 120 Å². The molecule has 1 heterocycles. The zero-order valence-corrected chi connectivity index (χ0v) is 11.3. The zero-order chi connectivity index (χ0) is 14.5. The van der Waals surface area contributed by atoms with Gasteiger partial charge in [0, 0.05) is 12.3 Å². The number of aliphatic hydroxyl groups excluding tert-OH is 1. The fourth-order valence-electron chi connectivity index (χ4n) is 1.82. The van der Waals surface area contributed by atoms with Crippen molar-refractivity contribution in [2.45, 2.75) is 12.8 Å². The van der Waals surface area contributed by atoms with Gasteiger partial charge in [0.25, 0.3) is 5.56 Å². The number of nitriles is 1. The van der Waals surface area contributed by atoms with E-state index in [2.05, 4.69) is 9.97 Å². The number of hydrogen-bond acceptors (Lipinski definition) is 4. The molecule has 2 rings (SSSR count). The normalized spacial score (nSPS) is 12.0. The van der Waals surface area contributed by atoms with Gasteiger partial charge in [-0.3, -0.25) is 4.79 Å². The van der Waals surface area contributed by atoms with E-state index >= 15 is 0 Å². The van der Waals surface area contributed by atoms with Gasteiger partial charge in [-0.15, -0.1) is 11.6 Å². The van der Waals surface area contributed by atoms with Gasteiger partial charge in [-0.1, -0.05) is 12.1 Å². The van der Waals surface area contributed by atoms with Crippen molar-refractivity contribution < 1.29 is 5.11 Å². The maximum Gasteiger partial charge on any atom is 0.259 e. The molecule has 6 heteroatoms. The first-order valence-corrected chi connectivity index (χ1v) is 6.58. The lowest BCUT2D eigenvalue weighted by Crippen LogP contribution is -2.12. The van der Waals surface area contributed by atoms with Crippen molar-refractivity contribution >= 4 is 28.1 Å². The maximum atomic E-state index is 11.9. The molecule has 0 saturated carbocycles. The summed E-state index contributed by atoms with van der Waals surface area (Å²) in [5.41, 5.74) is 0.102. The molecule has 102 valence electrons. The first-order valence-electron chi connectivity index (χ1n) is 6.05. The van der Waals surface area contributed by atoms with Crippen LogP contribution in [-0.2, 0) is 0 Å². The molecule has 0 saturated heterocycles. The predicted molar refractivity (Wildman–Crippen MR) is 77.5 cm³/mol. The lowest BCUT2D eigenvalue weighted by molar-refractivity contribution is 0.390. The molecular formula is C14H12ClN3O2. The van der Waals surface area contributed by atoms with Gasteiger partial charge in [0.15, 0.2) is 5.82 Å². The van der Waals surface area contributed by atoms with Crippen LogP contribution in [-0.4, -0.2) is 21.0 Å². The summed E-state index contributed by atoms with van der Waals surface area (Å²) in [6.07, 6.45) is 0.805. The van der Waals surface area contributed by atoms with Crippen molar-refractivity contribution in [3.63, 3.8) is 0 Å². The van der Waals surface area contributed by atoms with Crippen LogP contribution in [0, 0.1) is 11.3 Å². The minimum Gasteiger partial charge on any atom is -0.511 e. The molecule has 2 N–H and O–H groups in total. The molecule has 0 aliphatic carbocycles. The second-order valence-electron chi connectivity index (χ2n) is 4.16. The maximum absolute atomic E-state index is 11.9. The predicted octanol–water partition coefficient (Wildman–Crippen LogP) is 2.73. The molecule has 0 aliphatic rings. The summed E-state index contributed by atoms with van der Waals surface area (Å²) in [5, 5.41) is 19.5. The lowest BCUT2D eigenvalue weighted by Gasteiger charge is -2.04. The van der Waals surface area contributed by atoms with E-state index in [1.807, 2.05) is 6.07 Å². The minimum absolute atomic E-state index is 0.0297. The highest BCUT2D eigenvalue weighted by atomic mass is 35.5. The quantitative estimate of drug-likeness (QED) is 0.514. The van der Waals surface area contributed by atoms with Crippen molar-refractivity contribution in [3.05, 3.63) is 46.2 Å². The smallest absolute Gasteiger partial charge is 0.259 e. The highest BCUT2D eigenvalue weighted by Gasteiger charge is 2.12. The van der Waals surface area contributed by atoms with Crippen LogP contribution in [0.1, 0.15) is 18.7 Å². The van der Waals surface area contributed by atoms with E-state index in [-0.39, 0.29) is 29.1 Å². The number of nitrogens with zero attached hydrogens (tertiary/aromatic N) is 2. The van der Waals surface area contributed by atoms with Crippen molar-refractivity contribution in [2.24, 2.45) is 0 Å². The van der Waals surface area contributed by atoms with Gasteiger partial charge in [-0.2, -0.15) is 5.26 Å². The third-order valence-electron chi connectivity index (χ3n) is 2.80. The molecule has 0 bridgehead atoms. The largest absolute Gasteiger partial charge is 0.511 e. The van der Waals surface area contributed by atoms with Gasteiger partial charge in [0.2, 0.25) is 0 Å². The first-order chi connectivity index (χ1) is 9.67. The van der Waals surface area contributed by atoms with Gasteiger partial charge in [0.1, 0.15) is 17.4 Å². The molecule has 2 aromatic rings. The Balaban J connectivity index is 2.57. The number of aliphatic hydroxyl groups is 1. The number of fused-ring (bicyclic) bond motifs is 1. The van der Waals surface area contributed by atoms with E-state index in [4.69, 9.17) is 16.9 Å². The summed E-state index contributed by atoms with van der Waals surface area (Å²) in [6, 6.07) is 8.68. The van der Waals surface area contributed by atoms with Crippen LogP contribution in [0.5, 0.6) is 0 Å². The van der Waals surface area contributed by atoms with E-state index in [1.165, 1.54) is 0 Å². The average Bonchev–Trinajstić information content (AvgIpc) is 2.46. The molecule has 0 unspecified atom stereocenters. The second-order valence-corrected chi connectivity index (χ2v) is 4.54. The molecule has 0 radical (unpaired) electrons. The number of para-hydroxylation sites is 1. The average molecular weight is 290 g/mol. The monoisotopic (exact) mass is 289 g/mol. The molecule has 5 nitrogen and oxygen atoms in total. The van der Waals surface area contributed by atoms with Crippen molar-refractivity contribution in [1.29, 1.82) is 5.26 Å². The van der Waals surface area contributed by atoms with E-state index in [9.17, 15) is 9.90 Å². The van der Waals surface area contributed by atoms with Crippen LogP contribution in [0.15, 0.2) is 34.8 Å². The number of halogens is 1. The molecule has 0 fully saturated rings. The second kappa shape index (κ2) is 6.22. The van der Waals surface area contributed by atoms with Crippen molar-refractivity contribution in [3.8, 4) is 6.07 Å². The van der Waals surface area contributed by atoms with E-state index in [0.29, 0.717) is 23.2 Å². The topological polar surface area (TPSA) is 89.8 Å². The fraction of sp³-hybridized carbons (Fsp3) is 0.214. The molecule has 0 aliphatic heterocycles. The Hall–Kier alpha value is -2.32. The van der Waals surface area contributed by atoms with Crippen molar-refractivity contribution in [1.82, 2.24) is 9.97 Å². The SMILES string of the molecule is N#C/C(=C(\O)CCCCl)c1nc2ccccc2c(=O)[nH]1. The molecule has 0 atom stereocenters. The van der Waals surface area contributed by atoms with Crippen LogP contribution in [0.2, 0.25) is 0 Å². The van der Waals surface area contributed by atoms with E-state index < -0.39 is 0 Å². The number of allylic oxidation sites excluding steroid dienone is 2. The Morgan fingerprint density at radius 3 is 2.90 bits per heavy atom. The number of nitrogens with one attached hydrogen (secondary N) is 1. The summed E-state index contributed by atoms with van der Waals surface area (Å²) in [6.45, 7) is 0. The van der Waals surface area contributed by atoms with Gasteiger partial charge in [-0.25, -0.2) is 4.98 Å². The standard InChI is InChI=1S/C14H12ClN3O2/c15-7-3-6-12(19)10(8-16)13-17-11-5-2-1-4-9(11)14(20)18-13/h1-2,4-5,19H,3,6-7H2,(H,17,18,20)/b12-10+. The number of hydrogen-bond donors (Lipinski definition) is 2. The fourth-order valence-corrected chi connectivity index (χ4v) is 1.95. The number of benzene rings is 1. The van der Waals surface area contributed by atoms with Crippen molar-refractivity contribution in [2.75, 3.05) is 5.88 Å². The molecule has 1 aromatic heterocycles. The number of aromatic nitrogens is 2. The molecule has 1 aromatic carbocycles. The van der Waals surface area contributed by atoms with E-state index in [1.54, 1.807) is 24.3 Å². The van der Waals surface area contributed by atoms with Crippen LogP contribution in [0.25, 0.3) is 16.5 Å². The zero-order valence-electron chi connectivity index (χ0n) is 10.6. The number of H-pyrrole nitrogens is 1. The Morgan fingerprint density at radius 2 is 2.20 bits per heavy atom. The Morgan fingerprint density at radius 1 is 1.45 bits per heavy atom. The number of aromatic amines is 1. The third kappa shape index (κ3) is 2.81. The van der Waals surface area contributed by atoms with Gasteiger partial charge in [-0.05, 0) is 18.6 Å². The van der Waals surface area contributed by atoms with Crippen LogP contribution in [0.3, 0.4) is 0 Å². The highest BCUT2D eigenvalue weighted by Crippen LogP contribution is 2.17.